The Hall–Kier alpha value is -1.82. The number of rotatable bonds is 2. The molecule has 2 heterocycles. The lowest BCUT2D eigenvalue weighted by molar-refractivity contribution is -0.137. The van der Waals surface area contributed by atoms with Crippen LogP contribution in [0, 0.1) is 0 Å². The Morgan fingerprint density at radius 2 is 1.96 bits per heavy atom. The van der Waals surface area contributed by atoms with Crippen molar-refractivity contribution in [1.82, 2.24) is 9.80 Å². The van der Waals surface area contributed by atoms with E-state index in [0.29, 0.717) is 30.3 Å². The summed E-state index contributed by atoms with van der Waals surface area (Å²) >= 11 is 5.80. The third-order valence-corrected chi connectivity index (χ3v) is 4.71. The fourth-order valence-corrected chi connectivity index (χ4v) is 3.39. The molecule has 0 saturated carbocycles. The number of piperidine rings is 2. The summed E-state index contributed by atoms with van der Waals surface area (Å²) in [5.41, 5.74) is 0. The molecular weight excluding hydrogens is 335 g/mol. The highest BCUT2D eigenvalue weighted by Gasteiger charge is 2.36. The maximum absolute atomic E-state index is 14.1. The first-order valence-electron chi connectivity index (χ1n) is 8.19. The number of amides is 2. The normalized spacial score (nSPS) is 24.8. The Morgan fingerprint density at radius 3 is 2.67 bits per heavy atom. The number of hydrogen-bond acceptors (Lipinski definition) is 3. The van der Waals surface area contributed by atoms with E-state index < -0.39 is 12.3 Å². The number of likely N-dealkylation sites (tertiary alicyclic amines) is 2. The number of alkyl halides is 1. The zero-order valence-corrected chi connectivity index (χ0v) is 14.0. The van der Waals surface area contributed by atoms with Gasteiger partial charge in [0.25, 0.3) is 0 Å². The molecule has 0 N–H and O–H groups in total. The van der Waals surface area contributed by atoms with E-state index in [1.54, 1.807) is 29.2 Å². The Kier molecular flexibility index (Phi) is 5.23. The summed E-state index contributed by atoms with van der Waals surface area (Å²) in [6.45, 7) is 0.930. The van der Waals surface area contributed by atoms with Crippen molar-refractivity contribution in [3.63, 3.8) is 0 Å². The summed E-state index contributed by atoms with van der Waals surface area (Å²) in [5.74, 6) is 0.405. The van der Waals surface area contributed by atoms with E-state index >= 15 is 0 Å². The van der Waals surface area contributed by atoms with Crippen LogP contribution < -0.4 is 4.74 Å². The molecule has 0 radical (unpaired) electrons. The summed E-state index contributed by atoms with van der Waals surface area (Å²) in [6, 6.07) is 6.13. The monoisotopic (exact) mass is 354 g/mol. The van der Waals surface area contributed by atoms with Crippen molar-refractivity contribution in [2.45, 2.75) is 37.9 Å². The molecule has 2 amide bonds. The molecule has 2 saturated heterocycles. The van der Waals surface area contributed by atoms with Crippen LogP contribution in [0.5, 0.6) is 5.75 Å². The van der Waals surface area contributed by atoms with Gasteiger partial charge in [-0.2, -0.15) is 0 Å². The topological polar surface area (TPSA) is 49.9 Å². The van der Waals surface area contributed by atoms with Crippen LogP contribution in [0.15, 0.2) is 24.3 Å². The molecule has 3 rings (SSSR count). The lowest BCUT2D eigenvalue weighted by Gasteiger charge is -2.41. The average molecular weight is 355 g/mol. The second kappa shape index (κ2) is 7.38. The second-order valence-corrected chi connectivity index (χ2v) is 6.69. The van der Waals surface area contributed by atoms with Gasteiger partial charge in [0.15, 0.2) is 0 Å². The molecule has 5 nitrogen and oxygen atoms in total. The van der Waals surface area contributed by atoms with E-state index in [9.17, 15) is 14.0 Å². The molecular formula is C17H20ClFN2O3. The Balaban J connectivity index is 1.65. The predicted octanol–water partition coefficient (Wildman–Crippen LogP) is 3.26. The molecule has 0 aliphatic carbocycles. The Morgan fingerprint density at radius 1 is 1.21 bits per heavy atom. The van der Waals surface area contributed by atoms with Crippen LogP contribution in [-0.2, 0) is 4.79 Å². The molecule has 0 unspecified atom stereocenters. The van der Waals surface area contributed by atoms with Crippen LogP contribution in [0.3, 0.4) is 0 Å². The minimum Gasteiger partial charge on any atom is -0.410 e. The summed E-state index contributed by atoms with van der Waals surface area (Å²) in [6.07, 6.45) is 0.821. The zero-order valence-electron chi connectivity index (χ0n) is 13.3. The third kappa shape index (κ3) is 3.98. The van der Waals surface area contributed by atoms with Gasteiger partial charge in [-0.25, -0.2) is 9.18 Å². The third-order valence-electron chi connectivity index (χ3n) is 4.46. The summed E-state index contributed by atoms with van der Waals surface area (Å²) < 4.78 is 19.4. The minimum absolute atomic E-state index is 0.00897. The van der Waals surface area contributed by atoms with Gasteiger partial charge in [-0.3, -0.25) is 4.79 Å². The highest BCUT2D eigenvalue weighted by molar-refractivity contribution is 6.30. The molecule has 2 atom stereocenters. The number of carbonyl (C=O) groups excluding carboxylic acids is 2. The molecule has 24 heavy (non-hydrogen) atoms. The van der Waals surface area contributed by atoms with E-state index in [2.05, 4.69) is 0 Å². The predicted molar refractivity (Wildman–Crippen MR) is 87.9 cm³/mol. The van der Waals surface area contributed by atoms with Crippen molar-refractivity contribution in [3.8, 4) is 5.75 Å². The van der Waals surface area contributed by atoms with Crippen LogP contribution >= 0.6 is 11.6 Å². The standard InChI is InChI=1S/C17H20ClFN2O3/c18-12-4-6-15(7-5-12)24-17(23)20-10-13(19)9-14(11-20)21-8-2-1-3-16(21)22/h4-7,13-14H,1-3,8-11H2/t13-,14+/m0/s1. The quantitative estimate of drug-likeness (QED) is 0.819. The number of halogens is 2. The molecule has 130 valence electrons. The van der Waals surface area contributed by atoms with Crippen molar-refractivity contribution in [2.75, 3.05) is 19.6 Å². The van der Waals surface area contributed by atoms with E-state index in [0.717, 1.165) is 12.8 Å². The maximum atomic E-state index is 14.1. The van der Waals surface area contributed by atoms with Gasteiger partial charge in [-0.05, 0) is 37.1 Å². The molecule has 0 bridgehead atoms. The molecule has 2 aliphatic rings. The van der Waals surface area contributed by atoms with Crippen molar-refractivity contribution in [3.05, 3.63) is 29.3 Å². The first kappa shape index (κ1) is 17.0. The molecule has 1 aromatic rings. The highest BCUT2D eigenvalue weighted by Crippen LogP contribution is 2.24. The smallest absolute Gasteiger partial charge is 0.410 e. The van der Waals surface area contributed by atoms with Crippen LogP contribution in [0.2, 0.25) is 5.02 Å². The number of ether oxygens (including phenoxy) is 1. The van der Waals surface area contributed by atoms with Crippen molar-refractivity contribution >= 4 is 23.6 Å². The van der Waals surface area contributed by atoms with Crippen LogP contribution in [0.4, 0.5) is 9.18 Å². The first-order valence-corrected chi connectivity index (χ1v) is 8.56. The number of benzene rings is 1. The number of nitrogens with zero attached hydrogens (tertiary/aromatic N) is 2. The van der Waals surface area contributed by atoms with Gasteiger partial charge in [0.2, 0.25) is 5.91 Å². The number of carbonyl (C=O) groups is 2. The molecule has 0 aromatic heterocycles. The van der Waals surface area contributed by atoms with Gasteiger partial charge in [0.05, 0.1) is 12.6 Å². The second-order valence-electron chi connectivity index (χ2n) is 6.26. The molecule has 2 aliphatic heterocycles. The van der Waals surface area contributed by atoms with Gasteiger partial charge in [-0.15, -0.1) is 0 Å². The Bertz CT molecular complexity index is 610. The fraction of sp³-hybridized carbons (Fsp3) is 0.529. The van der Waals surface area contributed by atoms with Crippen LogP contribution in [0.25, 0.3) is 0 Å². The molecule has 1 aromatic carbocycles. The van der Waals surface area contributed by atoms with Gasteiger partial charge in [0.1, 0.15) is 11.9 Å². The number of hydrogen-bond donors (Lipinski definition) is 0. The Labute approximate surface area is 145 Å². The minimum atomic E-state index is -1.16. The van der Waals surface area contributed by atoms with E-state index in [1.165, 1.54) is 4.90 Å². The lowest BCUT2D eigenvalue weighted by Crippen LogP contribution is -2.56. The summed E-state index contributed by atoms with van der Waals surface area (Å²) in [7, 11) is 0. The van der Waals surface area contributed by atoms with Crippen LogP contribution in [-0.4, -0.2) is 53.6 Å². The van der Waals surface area contributed by atoms with Crippen molar-refractivity contribution in [1.29, 1.82) is 0 Å². The molecule has 0 spiro atoms. The molecule has 7 heteroatoms. The van der Waals surface area contributed by atoms with Gasteiger partial charge in [0, 0.05) is 31.0 Å². The van der Waals surface area contributed by atoms with Crippen molar-refractivity contribution in [2.24, 2.45) is 0 Å². The SMILES string of the molecule is O=C(Oc1ccc(Cl)cc1)N1C[C@@H](F)C[C@@H](N2CCCCC2=O)C1. The van der Waals surface area contributed by atoms with E-state index in [1.807, 2.05) is 0 Å². The lowest BCUT2D eigenvalue weighted by atomic mass is 9.99. The summed E-state index contributed by atoms with van der Waals surface area (Å²) in [4.78, 5) is 27.4. The summed E-state index contributed by atoms with van der Waals surface area (Å²) in [5, 5.41) is 0.542. The fourth-order valence-electron chi connectivity index (χ4n) is 3.27. The van der Waals surface area contributed by atoms with E-state index in [4.69, 9.17) is 16.3 Å². The first-order chi connectivity index (χ1) is 11.5. The largest absolute Gasteiger partial charge is 0.415 e. The van der Waals surface area contributed by atoms with Gasteiger partial charge in [-0.1, -0.05) is 11.6 Å². The van der Waals surface area contributed by atoms with Crippen LogP contribution in [0.1, 0.15) is 25.7 Å². The highest BCUT2D eigenvalue weighted by atomic mass is 35.5. The van der Waals surface area contributed by atoms with Gasteiger partial charge >= 0.3 is 6.09 Å². The zero-order chi connectivity index (χ0) is 17.1. The average Bonchev–Trinajstić information content (AvgIpc) is 2.57. The van der Waals surface area contributed by atoms with Crippen molar-refractivity contribution < 1.29 is 18.7 Å². The molecule has 2 fully saturated rings. The maximum Gasteiger partial charge on any atom is 0.415 e. The van der Waals surface area contributed by atoms with Gasteiger partial charge < -0.3 is 14.5 Å². The van der Waals surface area contributed by atoms with E-state index in [-0.39, 0.29) is 24.9 Å².